The maximum absolute atomic E-state index is 12.8. The second kappa shape index (κ2) is 7.84. The Morgan fingerprint density at radius 1 is 1.04 bits per heavy atom. The van der Waals surface area contributed by atoms with Gasteiger partial charge in [-0.15, -0.1) is 16.4 Å². The van der Waals surface area contributed by atoms with E-state index in [9.17, 15) is 13.2 Å². The van der Waals surface area contributed by atoms with Crippen molar-refractivity contribution in [2.75, 3.05) is 31.1 Å². The van der Waals surface area contributed by atoms with Crippen LogP contribution in [-0.4, -0.2) is 56.3 Å². The van der Waals surface area contributed by atoms with Gasteiger partial charge in [0.2, 0.25) is 0 Å². The lowest BCUT2D eigenvalue weighted by molar-refractivity contribution is -0.137. The average molecular weight is 409 g/mol. The van der Waals surface area contributed by atoms with E-state index in [1.54, 1.807) is 17.5 Å². The largest absolute Gasteiger partial charge is 0.416 e. The van der Waals surface area contributed by atoms with Crippen LogP contribution in [0.3, 0.4) is 0 Å². The highest BCUT2D eigenvalue weighted by atomic mass is 32.1. The fourth-order valence-electron chi connectivity index (χ4n) is 3.19. The third kappa shape index (κ3) is 4.14. The first-order valence-corrected chi connectivity index (χ1v) is 9.70. The molecule has 7 nitrogen and oxygen atoms in total. The van der Waals surface area contributed by atoms with Gasteiger partial charge in [0.1, 0.15) is 0 Å². The van der Waals surface area contributed by atoms with Crippen LogP contribution in [0, 0.1) is 0 Å². The Hall–Kier alpha value is -2.53. The zero-order valence-corrected chi connectivity index (χ0v) is 15.7. The Morgan fingerprint density at radius 2 is 1.86 bits per heavy atom. The van der Waals surface area contributed by atoms with Gasteiger partial charge < -0.3 is 4.90 Å². The van der Waals surface area contributed by atoms with Gasteiger partial charge in [-0.1, -0.05) is 0 Å². The first-order valence-electron chi connectivity index (χ1n) is 8.82. The SMILES string of the molecule is FC(F)(F)c1ccc(-n2nnnc2CN2CCCN(c3nccs3)CC2)cc1. The third-order valence-electron chi connectivity index (χ3n) is 4.62. The number of benzene rings is 1. The number of thiazole rings is 1. The summed E-state index contributed by atoms with van der Waals surface area (Å²) in [5.74, 6) is 0.599. The molecule has 1 aliphatic rings. The van der Waals surface area contributed by atoms with Crippen molar-refractivity contribution in [2.45, 2.75) is 19.1 Å². The quantitative estimate of drug-likeness (QED) is 0.660. The van der Waals surface area contributed by atoms with E-state index in [1.807, 2.05) is 5.38 Å². The lowest BCUT2D eigenvalue weighted by Gasteiger charge is -2.21. The van der Waals surface area contributed by atoms with E-state index < -0.39 is 11.7 Å². The zero-order chi connectivity index (χ0) is 19.6. The Balaban J connectivity index is 1.44. The molecule has 0 amide bonds. The second-order valence-electron chi connectivity index (χ2n) is 6.48. The van der Waals surface area contributed by atoms with E-state index in [4.69, 9.17) is 0 Å². The number of hydrogen-bond acceptors (Lipinski definition) is 7. The topological polar surface area (TPSA) is 63.0 Å². The van der Waals surface area contributed by atoms with Gasteiger partial charge in [0.05, 0.1) is 17.8 Å². The molecule has 148 valence electrons. The van der Waals surface area contributed by atoms with Gasteiger partial charge in [-0.25, -0.2) is 4.98 Å². The molecule has 1 aromatic carbocycles. The van der Waals surface area contributed by atoms with Gasteiger partial charge in [0.15, 0.2) is 11.0 Å². The number of hydrogen-bond donors (Lipinski definition) is 0. The molecule has 1 fully saturated rings. The number of aromatic nitrogens is 5. The van der Waals surface area contributed by atoms with Crippen LogP contribution in [0.25, 0.3) is 5.69 Å². The smallest absolute Gasteiger partial charge is 0.347 e. The first kappa shape index (κ1) is 18.8. The highest BCUT2D eigenvalue weighted by molar-refractivity contribution is 7.13. The molecule has 28 heavy (non-hydrogen) atoms. The summed E-state index contributed by atoms with van der Waals surface area (Å²) in [4.78, 5) is 8.89. The minimum Gasteiger partial charge on any atom is -0.347 e. The summed E-state index contributed by atoms with van der Waals surface area (Å²) in [7, 11) is 0. The van der Waals surface area contributed by atoms with Crippen LogP contribution in [0.2, 0.25) is 0 Å². The van der Waals surface area contributed by atoms with Crippen molar-refractivity contribution in [1.82, 2.24) is 30.1 Å². The van der Waals surface area contributed by atoms with Gasteiger partial charge in [0, 0.05) is 37.8 Å². The molecule has 3 aromatic rings. The van der Waals surface area contributed by atoms with Crippen molar-refractivity contribution < 1.29 is 13.2 Å². The van der Waals surface area contributed by atoms with Crippen molar-refractivity contribution in [3.05, 3.63) is 47.2 Å². The summed E-state index contributed by atoms with van der Waals surface area (Å²) >= 11 is 1.63. The normalized spacial score (nSPS) is 16.3. The monoisotopic (exact) mass is 409 g/mol. The Morgan fingerprint density at radius 3 is 2.57 bits per heavy atom. The lowest BCUT2D eigenvalue weighted by Crippen LogP contribution is -2.31. The molecule has 0 bridgehead atoms. The van der Waals surface area contributed by atoms with Gasteiger partial charge >= 0.3 is 6.18 Å². The van der Waals surface area contributed by atoms with Gasteiger partial charge in [-0.2, -0.15) is 17.9 Å². The Labute approximate surface area is 163 Å². The molecule has 0 spiro atoms. The number of nitrogens with zero attached hydrogens (tertiary/aromatic N) is 7. The molecule has 3 heterocycles. The van der Waals surface area contributed by atoms with Gasteiger partial charge in [-0.3, -0.25) is 4.90 Å². The molecule has 4 rings (SSSR count). The fourth-order valence-corrected chi connectivity index (χ4v) is 3.89. The molecular weight excluding hydrogens is 391 g/mol. The summed E-state index contributed by atoms with van der Waals surface area (Å²) in [6.45, 7) is 4.05. The molecule has 1 saturated heterocycles. The molecule has 0 N–H and O–H groups in total. The maximum atomic E-state index is 12.8. The highest BCUT2D eigenvalue weighted by Gasteiger charge is 2.30. The second-order valence-corrected chi connectivity index (χ2v) is 7.36. The number of alkyl halides is 3. The van der Waals surface area contributed by atoms with E-state index in [0.29, 0.717) is 18.1 Å². The fraction of sp³-hybridized carbons (Fsp3) is 0.412. The predicted molar refractivity (Wildman–Crippen MR) is 98.4 cm³/mol. The molecule has 2 aromatic heterocycles. The van der Waals surface area contributed by atoms with E-state index >= 15 is 0 Å². The van der Waals surface area contributed by atoms with Gasteiger partial charge in [0.25, 0.3) is 0 Å². The van der Waals surface area contributed by atoms with Crippen LogP contribution in [0.4, 0.5) is 18.3 Å². The molecule has 0 radical (unpaired) electrons. The van der Waals surface area contributed by atoms with Crippen LogP contribution in [-0.2, 0) is 12.7 Å². The van der Waals surface area contributed by atoms with E-state index in [0.717, 1.165) is 49.9 Å². The first-order chi connectivity index (χ1) is 13.5. The summed E-state index contributed by atoms with van der Waals surface area (Å²) in [5.41, 5.74) is -0.187. The van der Waals surface area contributed by atoms with Crippen LogP contribution < -0.4 is 4.90 Å². The number of rotatable bonds is 4. The minimum absolute atomic E-state index is 0.507. The van der Waals surface area contributed by atoms with Crippen molar-refractivity contribution in [2.24, 2.45) is 0 Å². The molecule has 0 saturated carbocycles. The Bertz CT molecular complexity index is 892. The molecule has 0 unspecified atom stereocenters. The van der Waals surface area contributed by atoms with Crippen molar-refractivity contribution >= 4 is 16.5 Å². The molecule has 0 aliphatic carbocycles. The van der Waals surface area contributed by atoms with Crippen LogP contribution in [0.15, 0.2) is 35.8 Å². The lowest BCUT2D eigenvalue weighted by atomic mass is 10.2. The number of halogens is 3. The summed E-state index contributed by atoms with van der Waals surface area (Å²) in [5, 5.41) is 14.7. The van der Waals surface area contributed by atoms with Crippen molar-refractivity contribution in [1.29, 1.82) is 0 Å². The maximum Gasteiger partial charge on any atom is 0.416 e. The van der Waals surface area contributed by atoms with Crippen molar-refractivity contribution in [3.63, 3.8) is 0 Å². The van der Waals surface area contributed by atoms with E-state index in [1.165, 1.54) is 16.8 Å². The zero-order valence-electron chi connectivity index (χ0n) is 14.9. The summed E-state index contributed by atoms with van der Waals surface area (Å²) in [6, 6.07) is 4.85. The Kier molecular flexibility index (Phi) is 5.27. The van der Waals surface area contributed by atoms with E-state index in [-0.39, 0.29) is 0 Å². The minimum atomic E-state index is -4.36. The predicted octanol–water partition coefficient (Wildman–Crippen LogP) is 2.85. The van der Waals surface area contributed by atoms with Crippen molar-refractivity contribution in [3.8, 4) is 5.69 Å². The molecule has 1 aliphatic heterocycles. The molecular formula is C17H18F3N7S. The molecule has 11 heteroatoms. The van der Waals surface area contributed by atoms with Crippen LogP contribution in [0.5, 0.6) is 0 Å². The van der Waals surface area contributed by atoms with E-state index in [2.05, 4.69) is 30.3 Å². The van der Waals surface area contributed by atoms with Crippen LogP contribution in [0.1, 0.15) is 17.8 Å². The number of anilines is 1. The van der Waals surface area contributed by atoms with Gasteiger partial charge in [-0.05, 0) is 41.1 Å². The standard InChI is InChI=1S/C17H18F3N7S/c18-17(19,20)13-2-4-14(5-3-13)27-15(22-23-24-27)12-25-7-1-8-26(10-9-25)16-21-6-11-28-16/h2-6,11H,1,7-10,12H2. The highest BCUT2D eigenvalue weighted by Crippen LogP contribution is 2.29. The summed E-state index contributed by atoms with van der Waals surface area (Å²) < 4.78 is 39.8. The average Bonchev–Trinajstić information content (AvgIpc) is 3.31. The number of tetrazole rings is 1. The summed E-state index contributed by atoms with van der Waals surface area (Å²) in [6.07, 6.45) is -1.57. The molecule has 0 atom stereocenters. The van der Waals surface area contributed by atoms with Crippen LogP contribution >= 0.6 is 11.3 Å². The third-order valence-corrected chi connectivity index (χ3v) is 5.45.